The van der Waals surface area contributed by atoms with Gasteiger partial charge < -0.3 is 16.0 Å². The molecule has 5 aromatic rings. The van der Waals surface area contributed by atoms with Gasteiger partial charge >= 0.3 is 0 Å². The number of nitrogens with one attached hydrogen (secondary N) is 3. The molecule has 0 aliphatic heterocycles. The lowest BCUT2D eigenvalue weighted by Crippen LogP contribution is -2.07. The van der Waals surface area contributed by atoms with E-state index in [2.05, 4.69) is 139 Å². The molecule has 5 rings (SSSR count). The Morgan fingerprint density at radius 2 is 1.70 bits per heavy atom. The van der Waals surface area contributed by atoms with Crippen molar-refractivity contribution in [1.29, 1.82) is 0 Å². The van der Waals surface area contributed by atoms with Gasteiger partial charge in [-0.25, -0.2) is 9.97 Å². The second kappa shape index (κ2) is 23.2. The standard InChI is InChI=1S/C30H28N4S.C8H11NO.C3H8.C2H6/c1-20(2)8-15-26-27(24-12-11-22-6-4-5-7-23(22)18-24)28-29(33-19-34-30(28)35-26)32-17-16-21-9-13-25(31-3)14-10-21;1-3-5-8(6-4-2)9-7-10;1-3-2;1-2/h4-7,9-14,18-20,31H,16-17H2,1-3H3,(H,32,33,34);3-7H,1H2,2H3,(H,9,10);3H2,1-2H3;1-2H3/b;6-4-,8-5+;;. The zero-order chi connectivity index (χ0) is 36.7. The Hall–Kier alpha value is -5.19. The fourth-order valence-electron chi connectivity index (χ4n) is 4.68. The predicted octanol–water partition coefficient (Wildman–Crippen LogP) is 11.0. The van der Waals surface area contributed by atoms with E-state index in [0.29, 0.717) is 12.3 Å². The average molecular weight is 688 g/mol. The summed E-state index contributed by atoms with van der Waals surface area (Å²) in [7, 11) is 1.94. The van der Waals surface area contributed by atoms with Crippen LogP contribution in [0.2, 0.25) is 0 Å². The molecule has 50 heavy (non-hydrogen) atoms. The highest BCUT2D eigenvalue weighted by Crippen LogP contribution is 2.41. The van der Waals surface area contributed by atoms with Crippen LogP contribution in [0.25, 0.3) is 32.1 Å². The van der Waals surface area contributed by atoms with Crippen molar-refractivity contribution in [1.82, 2.24) is 15.3 Å². The fraction of sp³-hybridized carbons (Fsp3) is 0.279. The maximum Gasteiger partial charge on any atom is 0.211 e. The fourth-order valence-corrected chi connectivity index (χ4v) is 5.70. The van der Waals surface area contributed by atoms with E-state index in [0.717, 1.165) is 56.4 Å². The first-order chi connectivity index (χ1) is 24.4. The number of benzene rings is 3. The highest BCUT2D eigenvalue weighted by Gasteiger charge is 2.18. The summed E-state index contributed by atoms with van der Waals surface area (Å²) in [6.45, 7) is 18.6. The van der Waals surface area contributed by atoms with E-state index >= 15 is 0 Å². The number of allylic oxidation sites excluding steroid dienone is 4. The molecular weight excluding hydrogens is 635 g/mol. The van der Waals surface area contributed by atoms with Gasteiger partial charge in [0.15, 0.2) is 0 Å². The van der Waals surface area contributed by atoms with Gasteiger partial charge in [-0.05, 0) is 65.6 Å². The van der Waals surface area contributed by atoms with Gasteiger partial charge in [0.05, 0.1) is 10.3 Å². The summed E-state index contributed by atoms with van der Waals surface area (Å²) in [5.74, 6) is 7.94. The van der Waals surface area contributed by atoms with E-state index in [1.165, 1.54) is 22.8 Å². The predicted molar refractivity (Wildman–Crippen MR) is 220 cm³/mol. The minimum atomic E-state index is 0.294. The Bertz CT molecular complexity index is 1890. The molecule has 0 atom stereocenters. The Morgan fingerprint density at radius 1 is 1.00 bits per heavy atom. The van der Waals surface area contributed by atoms with E-state index in [1.807, 2.05) is 33.9 Å². The van der Waals surface area contributed by atoms with Gasteiger partial charge in [0.1, 0.15) is 17.0 Å². The van der Waals surface area contributed by atoms with E-state index in [1.54, 1.807) is 35.9 Å². The quantitative estimate of drug-likeness (QED) is 0.0774. The molecule has 6 nitrogen and oxygen atoms in total. The summed E-state index contributed by atoms with van der Waals surface area (Å²) >= 11 is 1.64. The van der Waals surface area contributed by atoms with Crippen LogP contribution in [0.5, 0.6) is 0 Å². The zero-order valence-electron chi connectivity index (χ0n) is 30.9. The lowest BCUT2D eigenvalue weighted by Gasteiger charge is -2.10. The van der Waals surface area contributed by atoms with Crippen molar-refractivity contribution in [2.24, 2.45) is 5.92 Å². The third-order valence-corrected chi connectivity index (χ3v) is 7.83. The summed E-state index contributed by atoms with van der Waals surface area (Å²) in [6, 6.07) is 23.6. The highest BCUT2D eigenvalue weighted by molar-refractivity contribution is 7.19. The van der Waals surface area contributed by atoms with Crippen LogP contribution in [0.4, 0.5) is 11.5 Å². The summed E-state index contributed by atoms with van der Waals surface area (Å²) in [4.78, 5) is 21.2. The van der Waals surface area contributed by atoms with Crippen LogP contribution in [0.1, 0.15) is 65.3 Å². The Balaban J connectivity index is 0.000000491. The van der Waals surface area contributed by atoms with Crippen LogP contribution in [0.15, 0.2) is 110 Å². The van der Waals surface area contributed by atoms with Crippen molar-refractivity contribution in [3.05, 3.63) is 120 Å². The number of nitrogens with zero attached hydrogens (tertiary/aromatic N) is 2. The molecule has 0 aliphatic carbocycles. The Kier molecular flexibility index (Phi) is 19.0. The molecule has 2 aromatic heterocycles. The first-order valence-electron chi connectivity index (χ1n) is 17.3. The van der Waals surface area contributed by atoms with Gasteiger partial charge in [-0.2, -0.15) is 0 Å². The van der Waals surface area contributed by atoms with Gasteiger partial charge in [0.2, 0.25) is 6.41 Å². The van der Waals surface area contributed by atoms with E-state index in [9.17, 15) is 4.79 Å². The number of rotatable bonds is 10. The summed E-state index contributed by atoms with van der Waals surface area (Å²) in [5.41, 5.74) is 5.40. The van der Waals surface area contributed by atoms with Crippen molar-refractivity contribution >= 4 is 50.2 Å². The number of carbonyl (C=O) groups excluding carboxylic acids is 1. The molecular formula is C43H53N5OS. The lowest BCUT2D eigenvalue weighted by molar-refractivity contribution is -0.108. The molecule has 0 spiro atoms. The number of hydrogen-bond acceptors (Lipinski definition) is 6. The largest absolute Gasteiger partial charge is 0.388 e. The van der Waals surface area contributed by atoms with Crippen molar-refractivity contribution in [2.75, 3.05) is 24.2 Å². The topological polar surface area (TPSA) is 78.9 Å². The second-order valence-corrected chi connectivity index (χ2v) is 12.1. The van der Waals surface area contributed by atoms with Gasteiger partial charge in [-0.3, -0.25) is 4.79 Å². The first-order valence-corrected chi connectivity index (χ1v) is 18.1. The van der Waals surface area contributed by atoms with Crippen molar-refractivity contribution in [2.45, 2.75) is 61.3 Å². The molecule has 7 heteroatoms. The molecule has 2 heterocycles. The summed E-state index contributed by atoms with van der Waals surface area (Å²) in [5, 5.41) is 12.7. The van der Waals surface area contributed by atoms with Gasteiger partial charge in [-0.15, -0.1) is 11.3 Å². The van der Waals surface area contributed by atoms with Crippen molar-refractivity contribution in [3.63, 3.8) is 0 Å². The monoisotopic (exact) mass is 687 g/mol. The smallest absolute Gasteiger partial charge is 0.211 e. The van der Waals surface area contributed by atoms with Crippen molar-refractivity contribution in [3.8, 4) is 23.0 Å². The Labute approximate surface area is 303 Å². The second-order valence-electron chi connectivity index (χ2n) is 11.1. The zero-order valence-corrected chi connectivity index (χ0v) is 31.7. The first kappa shape index (κ1) is 41.0. The number of hydrogen-bond donors (Lipinski definition) is 3. The summed E-state index contributed by atoms with van der Waals surface area (Å²) < 4.78 is 0. The molecule has 0 saturated carbocycles. The number of fused-ring (bicyclic) bond motifs is 2. The highest BCUT2D eigenvalue weighted by atomic mass is 32.1. The van der Waals surface area contributed by atoms with Crippen LogP contribution in [-0.2, 0) is 11.2 Å². The lowest BCUT2D eigenvalue weighted by atomic mass is 9.99. The van der Waals surface area contributed by atoms with E-state index < -0.39 is 0 Å². The molecule has 1 amide bonds. The minimum Gasteiger partial charge on any atom is -0.388 e. The normalized spacial score (nSPS) is 10.5. The number of anilines is 2. The van der Waals surface area contributed by atoms with E-state index in [-0.39, 0.29) is 0 Å². The number of thiophene rings is 1. The maximum atomic E-state index is 9.94. The molecule has 0 bridgehead atoms. The molecule has 0 aliphatic rings. The third-order valence-electron chi connectivity index (χ3n) is 6.82. The van der Waals surface area contributed by atoms with E-state index in [4.69, 9.17) is 0 Å². The molecule has 262 valence electrons. The minimum absolute atomic E-state index is 0.294. The average Bonchev–Trinajstić information content (AvgIpc) is 3.52. The van der Waals surface area contributed by atoms with Gasteiger partial charge in [-0.1, -0.05) is 127 Å². The van der Waals surface area contributed by atoms with Gasteiger partial charge in [0, 0.05) is 36.5 Å². The number of amides is 1. The number of carbonyl (C=O) groups is 1. The van der Waals surface area contributed by atoms with Crippen LogP contribution in [0, 0.1) is 17.8 Å². The molecule has 0 fully saturated rings. The van der Waals surface area contributed by atoms with Crippen molar-refractivity contribution < 1.29 is 4.79 Å². The molecule has 3 N–H and O–H groups in total. The number of aromatic nitrogens is 2. The summed E-state index contributed by atoms with van der Waals surface area (Å²) in [6.07, 6.45) is 11.4. The van der Waals surface area contributed by atoms with Crippen LogP contribution in [0.3, 0.4) is 0 Å². The van der Waals surface area contributed by atoms with Gasteiger partial charge in [0.25, 0.3) is 0 Å². The Morgan fingerprint density at radius 3 is 2.32 bits per heavy atom. The van der Waals surface area contributed by atoms with Crippen LogP contribution >= 0.6 is 11.3 Å². The molecule has 0 saturated heterocycles. The molecule has 3 aromatic carbocycles. The SMILES string of the molecule is C=C/C=C(\C=C/C)NC=O.CC.CCC.CNc1ccc(CCNc2ncnc3sc(C#CC(C)C)c(-c4ccc5ccccc5c4)c23)cc1. The molecule has 0 radical (unpaired) electrons. The molecule has 0 unspecified atom stereocenters. The van der Waals surface area contributed by atoms with Crippen LogP contribution in [-0.4, -0.2) is 30.0 Å². The maximum absolute atomic E-state index is 9.94. The third kappa shape index (κ3) is 12.7. The van der Waals surface area contributed by atoms with Crippen LogP contribution < -0.4 is 16.0 Å².